The number of alkyl halides is 6. The highest BCUT2D eigenvalue weighted by molar-refractivity contribution is 5.85. The topological polar surface area (TPSA) is 66.9 Å². The fraction of sp³-hybridized carbons (Fsp3) is 0.500. The van der Waals surface area contributed by atoms with E-state index < -0.39 is 41.8 Å². The van der Waals surface area contributed by atoms with Crippen molar-refractivity contribution < 1.29 is 35.5 Å². The van der Waals surface area contributed by atoms with Gasteiger partial charge in [0.1, 0.15) is 5.82 Å². The van der Waals surface area contributed by atoms with Gasteiger partial charge in [0.05, 0.1) is 6.04 Å². The minimum absolute atomic E-state index is 0.0244. The molecule has 0 bridgehead atoms. The summed E-state index contributed by atoms with van der Waals surface area (Å²) in [5, 5.41) is 0.632. The molecule has 0 radical (unpaired) electrons. The van der Waals surface area contributed by atoms with Crippen LogP contribution in [0.2, 0.25) is 0 Å². The first-order valence-electron chi connectivity index (χ1n) is 11.1. The predicted molar refractivity (Wildman–Crippen MR) is 110 cm³/mol. The van der Waals surface area contributed by atoms with E-state index in [1.807, 2.05) is 0 Å². The lowest BCUT2D eigenvalue weighted by Crippen LogP contribution is -2.39. The van der Waals surface area contributed by atoms with Crippen molar-refractivity contribution in [1.82, 2.24) is 19.9 Å². The van der Waals surface area contributed by atoms with Gasteiger partial charge >= 0.3 is 12.4 Å². The summed E-state index contributed by atoms with van der Waals surface area (Å²) in [5.74, 6) is -4.92. The largest absolute Gasteiger partial charge is 0.451 e. The number of ether oxygens (including phenoxy) is 1. The highest BCUT2D eigenvalue weighted by Gasteiger charge is 2.43. The van der Waals surface area contributed by atoms with Gasteiger partial charge in [0.25, 0.3) is 0 Å². The highest BCUT2D eigenvalue weighted by Crippen LogP contribution is 2.42. The second kappa shape index (κ2) is 8.61. The average molecular weight is 503 g/mol. The van der Waals surface area contributed by atoms with E-state index in [2.05, 4.69) is 19.9 Å². The molecule has 35 heavy (non-hydrogen) atoms. The standard InChI is InChI=1S/C22H20F7N5O/c23-12-3-4-15-14(9-12)13-5-6-34(16(17(13)30-15)8-11-2-1-7-35-10-11)20-32-18(21(24,25)26)31-19(33-20)22(27,28)29/h3-4,9,11,16,30H,1-2,5-8,10H2/t11-,16-/m0/s1. The van der Waals surface area contributed by atoms with Crippen molar-refractivity contribution >= 4 is 16.9 Å². The van der Waals surface area contributed by atoms with Crippen LogP contribution in [0, 0.1) is 11.7 Å². The molecule has 0 saturated carbocycles. The number of fused-ring (bicyclic) bond motifs is 3. The molecule has 0 unspecified atom stereocenters. The van der Waals surface area contributed by atoms with E-state index >= 15 is 0 Å². The van der Waals surface area contributed by atoms with Crippen LogP contribution < -0.4 is 4.90 Å². The van der Waals surface area contributed by atoms with Crippen LogP contribution >= 0.6 is 0 Å². The number of hydrogen-bond donors (Lipinski definition) is 1. The van der Waals surface area contributed by atoms with E-state index in [9.17, 15) is 30.7 Å². The molecule has 0 aliphatic carbocycles. The Kier molecular flexibility index (Phi) is 5.85. The Morgan fingerprint density at radius 2 is 1.74 bits per heavy atom. The number of benzene rings is 1. The molecule has 2 atom stereocenters. The number of anilines is 1. The van der Waals surface area contributed by atoms with Gasteiger partial charge in [-0.3, -0.25) is 0 Å². The Morgan fingerprint density at radius 1 is 1.03 bits per heavy atom. The maximum atomic E-state index is 13.9. The van der Waals surface area contributed by atoms with Crippen molar-refractivity contribution in [3.8, 4) is 0 Å². The van der Waals surface area contributed by atoms with E-state index in [4.69, 9.17) is 4.74 Å². The summed E-state index contributed by atoms with van der Waals surface area (Å²) in [6, 6.07) is 3.54. The quantitative estimate of drug-likeness (QED) is 0.482. The van der Waals surface area contributed by atoms with E-state index in [-0.39, 0.29) is 18.9 Å². The van der Waals surface area contributed by atoms with Crippen molar-refractivity contribution in [3.63, 3.8) is 0 Å². The normalized spacial score (nSPS) is 21.4. The van der Waals surface area contributed by atoms with E-state index in [1.165, 1.54) is 17.0 Å². The van der Waals surface area contributed by atoms with Gasteiger partial charge in [-0.25, -0.2) is 9.37 Å². The Morgan fingerprint density at radius 3 is 2.37 bits per heavy atom. The summed E-state index contributed by atoms with van der Waals surface area (Å²) >= 11 is 0. The third kappa shape index (κ3) is 4.65. The molecule has 1 aromatic carbocycles. The molecule has 2 aromatic heterocycles. The Labute approximate surface area is 194 Å². The second-order valence-corrected chi connectivity index (χ2v) is 8.76. The van der Waals surface area contributed by atoms with Crippen LogP contribution in [0.25, 0.3) is 10.9 Å². The molecule has 0 amide bonds. The first kappa shape index (κ1) is 23.8. The Bertz CT molecular complexity index is 1200. The van der Waals surface area contributed by atoms with Crippen LogP contribution in [0.15, 0.2) is 18.2 Å². The fourth-order valence-corrected chi connectivity index (χ4v) is 4.88. The molecule has 5 rings (SSSR count). The number of nitrogens with one attached hydrogen (secondary N) is 1. The molecular formula is C22H20F7N5O. The Balaban J connectivity index is 1.63. The summed E-state index contributed by atoms with van der Waals surface area (Å²) in [7, 11) is 0. The third-order valence-electron chi connectivity index (χ3n) is 6.41. The zero-order valence-electron chi connectivity index (χ0n) is 18.2. The highest BCUT2D eigenvalue weighted by atomic mass is 19.4. The number of hydrogen-bond acceptors (Lipinski definition) is 5. The summed E-state index contributed by atoms with van der Waals surface area (Å²) < 4.78 is 99.8. The van der Waals surface area contributed by atoms with Gasteiger partial charge in [0, 0.05) is 36.4 Å². The van der Waals surface area contributed by atoms with Gasteiger partial charge in [-0.1, -0.05) is 0 Å². The summed E-state index contributed by atoms with van der Waals surface area (Å²) in [4.78, 5) is 14.0. The van der Waals surface area contributed by atoms with Gasteiger partial charge in [0.2, 0.25) is 17.6 Å². The molecule has 4 heterocycles. The molecular weight excluding hydrogens is 483 g/mol. The lowest BCUT2D eigenvalue weighted by Gasteiger charge is -2.38. The maximum absolute atomic E-state index is 13.9. The van der Waals surface area contributed by atoms with Crippen molar-refractivity contribution in [2.24, 2.45) is 5.92 Å². The van der Waals surface area contributed by atoms with E-state index in [0.717, 1.165) is 18.4 Å². The lowest BCUT2D eigenvalue weighted by atomic mass is 9.88. The zero-order chi connectivity index (χ0) is 25.0. The van der Waals surface area contributed by atoms with Gasteiger partial charge in [-0.2, -0.15) is 36.3 Å². The van der Waals surface area contributed by atoms with Gasteiger partial charge < -0.3 is 14.6 Å². The minimum Gasteiger partial charge on any atom is -0.381 e. The van der Waals surface area contributed by atoms with Crippen molar-refractivity contribution in [3.05, 3.63) is 46.9 Å². The number of halogens is 7. The first-order valence-corrected chi connectivity index (χ1v) is 11.1. The second-order valence-electron chi connectivity index (χ2n) is 8.76. The molecule has 1 fully saturated rings. The van der Waals surface area contributed by atoms with Gasteiger partial charge in [0.15, 0.2) is 0 Å². The minimum atomic E-state index is -5.19. The Hall–Kier alpha value is -2.96. The van der Waals surface area contributed by atoms with Crippen LogP contribution in [0.5, 0.6) is 0 Å². The van der Waals surface area contributed by atoms with Crippen LogP contribution in [0.1, 0.15) is 48.2 Å². The number of rotatable bonds is 3. The van der Waals surface area contributed by atoms with Crippen molar-refractivity contribution in [2.75, 3.05) is 24.7 Å². The monoisotopic (exact) mass is 503 g/mol. The lowest BCUT2D eigenvalue weighted by molar-refractivity contribution is -0.155. The number of aromatic nitrogens is 4. The maximum Gasteiger partial charge on any atom is 0.451 e. The number of nitrogens with zero attached hydrogens (tertiary/aromatic N) is 4. The smallest absolute Gasteiger partial charge is 0.381 e. The third-order valence-corrected chi connectivity index (χ3v) is 6.41. The molecule has 2 aliphatic heterocycles. The van der Waals surface area contributed by atoms with Crippen molar-refractivity contribution in [2.45, 2.75) is 44.1 Å². The molecule has 1 N–H and O–H groups in total. The van der Waals surface area contributed by atoms with Gasteiger partial charge in [-0.15, -0.1) is 0 Å². The molecule has 0 spiro atoms. The number of H-pyrrole nitrogens is 1. The predicted octanol–water partition coefficient (Wildman–Crippen LogP) is 5.45. The summed E-state index contributed by atoms with van der Waals surface area (Å²) in [6.07, 6.45) is -8.15. The summed E-state index contributed by atoms with van der Waals surface area (Å²) in [5.41, 5.74) is 2.01. The SMILES string of the molecule is Fc1ccc2[nH]c3c(c2c1)CCN(c1nc(C(F)(F)F)nc(C(F)(F)F)n1)[C@H]3C[C@@H]1CCCOC1. The molecule has 13 heteroatoms. The zero-order valence-corrected chi connectivity index (χ0v) is 18.2. The van der Waals surface area contributed by atoms with Crippen LogP contribution in [-0.4, -0.2) is 39.7 Å². The molecule has 188 valence electrons. The number of aromatic amines is 1. The first-order chi connectivity index (χ1) is 16.5. The van der Waals surface area contributed by atoms with Crippen LogP contribution in [0.4, 0.5) is 36.7 Å². The van der Waals surface area contributed by atoms with E-state index in [0.29, 0.717) is 36.2 Å². The summed E-state index contributed by atoms with van der Waals surface area (Å²) in [6.45, 7) is 1.07. The molecule has 2 aliphatic rings. The molecule has 1 saturated heterocycles. The molecule has 6 nitrogen and oxygen atoms in total. The van der Waals surface area contributed by atoms with Crippen molar-refractivity contribution in [1.29, 1.82) is 0 Å². The average Bonchev–Trinajstić information content (AvgIpc) is 3.17. The van der Waals surface area contributed by atoms with Gasteiger partial charge in [-0.05, 0) is 55.4 Å². The molecule has 3 aromatic rings. The van der Waals surface area contributed by atoms with Crippen LogP contribution in [-0.2, 0) is 23.5 Å². The van der Waals surface area contributed by atoms with Crippen LogP contribution in [0.3, 0.4) is 0 Å². The van der Waals surface area contributed by atoms with E-state index in [1.54, 1.807) is 6.07 Å². The fourth-order valence-electron chi connectivity index (χ4n) is 4.88.